The van der Waals surface area contributed by atoms with Gasteiger partial charge in [0.1, 0.15) is 0 Å². The largest absolute Gasteiger partial charge is 0.282 e. The summed E-state index contributed by atoms with van der Waals surface area (Å²) in [6.07, 6.45) is 1.98. The molecule has 148 valence electrons. The van der Waals surface area contributed by atoms with Crippen molar-refractivity contribution in [1.29, 1.82) is 0 Å². The Balaban J connectivity index is 1.38. The molecule has 0 bridgehead atoms. The number of sulfonamides is 1. The fourth-order valence-corrected chi connectivity index (χ4v) is 5.50. The predicted octanol–water partition coefficient (Wildman–Crippen LogP) is 3.19. The number of aryl methyl sites for hydroxylation is 2. The zero-order chi connectivity index (χ0) is 19.7. The molecule has 0 unspecified atom stereocenters. The smallest absolute Gasteiger partial charge is 0.243 e. The van der Waals surface area contributed by atoms with E-state index in [4.69, 9.17) is 0 Å². The summed E-state index contributed by atoms with van der Waals surface area (Å²) in [7, 11) is -3.44. The number of rotatable bonds is 5. The van der Waals surface area contributed by atoms with Gasteiger partial charge in [-0.1, -0.05) is 6.07 Å². The summed E-state index contributed by atoms with van der Waals surface area (Å²) in [6.45, 7) is 6.98. The lowest BCUT2D eigenvalue weighted by Crippen LogP contribution is -2.48. The van der Waals surface area contributed by atoms with Crippen LogP contribution in [-0.2, 0) is 16.7 Å². The minimum Gasteiger partial charge on any atom is -0.282 e. The molecule has 3 aromatic rings. The molecular formula is C20H24N4O2S2. The van der Waals surface area contributed by atoms with E-state index in [9.17, 15) is 8.42 Å². The van der Waals surface area contributed by atoms with Gasteiger partial charge < -0.3 is 0 Å². The minimum atomic E-state index is -3.44. The van der Waals surface area contributed by atoms with Crippen molar-refractivity contribution in [2.24, 2.45) is 0 Å². The van der Waals surface area contributed by atoms with E-state index in [1.165, 1.54) is 0 Å². The van der Waals surface area contributed by atoms with Gasteiger partial charge in [0.25, 0.3) is 0 Å². The van der Waals surface area contributed by atoms with E-state index in [1.807, 2.05) is 42.2 Å². The molecule has 0 radical (unpaired) electrons. The van der Waals surface area contributed by atoms with Crippen LogP contribution in [0.25, 0.3) is 11.3 Å². The molecule has 4 rings (SSSR count). The molecule has 3 heterocycles. The standard InChI is InChI=1S/C20H24N4O2S2/c1-16-3-4-19(13-17(16)2)28(25,26)24-10-8-22(9-11-24)15-23-7-5-20(21-23)18-6-12-27-14-18/h3-7,12-14H,8-11,15H2,1-2H3. The molecule has 1 aliphatic heterocycles. The van der Waals surface area contributed by atoms with E-state index < -0.39 is 10.0 Å². The third-order valence-electron chi connectivity index (χ3n) is 5.25. The summed E-state index contributed by atoms with van der Waals surface area (Å²) < 4.78 is 29.4. The molecule has 8 heteroatoms. The van der Waals surface area contributed by atoms with Crippen LogP contribution in [-0.4, -0.2) is 53.6 Å². The van der Waals surface area contributed by atoms with Gasteiger partial charge in [0, 0.05) is 43.3 Å². The average molecular weight is 417 g/mol. The Morgan fingerprint density at radius 1 is 1.04 bits per heavy atom. The van der Waals surface area contributed by atoms with Crippen molar-refractivity contribution >= 4 is 21.4 Å². The van der Waals surface area contributed by atoms with E-state index in [2.05, 4.69) is 21.4 Å². The molecule has 0 aliphatic carbocycles. The minimum absolute atomic E-state index is 0.386. The molecule has 0 amide bonds. The number of hydrogen-bond donors (Lipinski definition) is 0. The Hall–Kier alpha value is -2.00. The average Bonchev–Trinajstić information content (AvgIpc) is 3.36. The molecule has 2 aromatic heterocycles. The first-order chi connectivity index (χ1) is 13.4. The van der Waals surface area contributed by atoms with Crippen LogP contribution < -0.4 is 0 Å². The van der Waals surface area contributed by atoms with E-state index in [-0.39, 0.29) is 0 Å². The van der Waals surface area contributed by atoms with Gasteiger partial charge in [-0.05, 0) is 54.6 Å². The van der Waals surface area contributed by atoms with Gasteiger partial charge in [0.15, 0.2) is 0 Å². The highest BCUT2D eigenvalue weighted by Gasteiger charge is 2.28. The molecule has 1 saturated heterocycles. The van der Waals surface area contributed by atoms with E-state index >= 15 is 0 Å². The summed E-state index contributed by atoms with van der Waals surface area (Å²) in [5.74, 6) is 0. The second-order valence-electron chi connectivity index (χ2n) is 7.16. The number of piperazine rings is 1. The Morgan fingerprint density at radius 2 is 1.82 bits per heavy atom. The second kappa shape index (κ2) is 7.79. The first kappa shape index (κ1) is 19.3. The quantitative estimate of drug-likeness (QED) is 0.641. The van der Waals surface area contributed by atoms with Crippen molar-refractivity contribution in [2.45, 2.75) is 25.4 Å². The van der Waals surface area contributed by atoms with Crippen LogP contribution in [0.3, 0.4) is 0 Å². The number of aromatic nitrogens is 2. The van der Waals surface area contributed by atoms with Crippen LogP contribution in [0.1, 0.15) is 11.1 Å². The molecule has 6 nitrogen and oxygen atoms in total. The van der Waals surface area contributed by atoms with Crippen LogP contribution in [0.4, 0.5) is 0 Å². The molecular weight excluding hydrogens is 392 g/mol. The van der Waals surface area contributed by atoms with Crippen LogP contribution in [0.5, 0.6) is 0 Å². The van der Waals surface area contributed by atoms with Gasteiger partial charge in [0.05, 0.1) is 17.3 Å². The van der Waals surface area contributed by atoms with Crippen molar-refractivity contribution < 1.29 is 8.42 Å². The highest BCUT2D eigenvalue weighted by Crippen LogP contribution is 2.22. The molecule has 0 N–H and O–H groups in total. The second-order valence-corrected chi connectivity index (χ2v) is 9.88. The first-order valence-corrected chi connectivity index (χ1v) is 11.7. The SMILES string of the molecule is Cc1ccc(S(=O)(=O)N2CCN(Cn3ccc(-c4ccsc4)n3)CC2)cc1C. The molecule has 0 atom stereocenters. The lowest BCUT2D eigenvalue weighted by Gasteiger charge is -2.33. The van der Waals surface area contributed by atoms with Crippen LogP contribution in [0, 0.1) is 13.8 Å². The normalized spacial score (nSPS) is 16.5. The topological polar surface area (TPSA) is 58.4 Å². The Kier molecular flexibility index (Phi) is 5.37. The van der Waals surface area contributed by atoms with Crippen LogP contribution in [0.2, 0.25) is 0 Å². The van der Waals surface area contributed by atoms with Gasteiger partial charge in [-0.25, -0.2) is 8.42 Å². The molecule has 1 fully saturated rings. The van der Waals surface area contributed by atoms with E-state index in [0.717, 1.165) is 22.4 Å². The highest BCUT2D eigenvalue weighted by atomic mass is 32.2. The molecule has 0 saturated carbocycles. The monoisotopic (exact) mass is 416 g/mol. The summed E-state index contributed by atoms with van der Waals surface area (Å²) in [5, 5.41) is 8.76. The summed E-state index contributed by atoms with van der Waals surface area (Å²) >= 11 is 1.66. The zero-order valence-corrected chi connectivity index (χ0v) is 17.7. The Morgan fingerprint density at radius 3 is 2.50 bits per heavy atom. The van der Waals surface area contributed by atoms with Crippen molar-refractivity contribution in [1.82, 2.24) is 19.0 Å². The van der Waals surface area contributed by atoms with Crippen molar-refractivity contribution in [3.05, 3.63) is 58.4 Å². The van der Waals surface area contributed by atoms with Gasteiger partial charge in [0.2, 0.25) is 10.0 Å². The summed E-state index contributed by atoms with van der Waals surface area (Å²) in [6, 6.07) is 9.43. The lowest BCUT2D eigenvalue weighted by atomic mass is 10.1. The first-order valence-electron chi connectivity index (χ1n) is 9.29. The molecule has 0 spiro atoms. The van der Waals surface area contributed by atoms with Gasteiger partial charge >= 0.3 is 0 Å². The third-order valence-corrected chi connectivity index (χ3v) is 7.83. The van der Waals surface area contributed by atoms with Crippen molar-refractivity contribution in [3.8, 4) is 11.3 Å². The van der Waals surface area contributed by atoms with Gasteiger partial charge in [-0.3, -0.25) is 9.58 Å². The fraction of sp³-hybridized carbons (Fsp3) is 0.350. The maximum absolute atomic E-state index is 12.9. The van der Waals surface area contributed by atoms with Gasteiger partial charge in [-0.2, -0.15) is 20.7 Å². The van der Waals surface area contributed by atoms with E-state index in [1.54, 1.807) is 27.8 Å². The third kappa shape index (κ3) is 3.91. The fourth-order valence-electron chi connectivity index (χ4n) is 3.34. The molecule has 1 aromatic carbocycles. The predicted molar refractivity (Wildman–Crippen MR) is 112 cm³/mol. The maximum Gasteiger partial charge on any atom is 0.243 e. The molecule has 28 heavy (non-hydrogen) atoms. The van der Waals surface area contributed by atoms with Gasteiger partial charge in [-0.15, -0.1) is 0 Å². The molecule has 1 aliphatic rings. The maximum atomic E-state index is 12.9. The Bertz CT molecular complexity index is 1050. The summed E-state index contributed by atoms with van der Waals surface area (Å²) in [5.41, 5.74) is 4.20. The zero-order valence-electron chi connectivity index (χ0n) is 16.1. The number of hydrogen-bond acceptors (Lipinski definition) is 5. The number of benzene rings is 1. The van der Waals surface area contributed by atoms with Crippen molar-refractivity contribution in [3.63, 3.8) is 0 Å². The lowest BCUT2D eigenvalue weighted by molar-refractivity contribution is 0.146. The van der Waals surface area contributed by atoms with Crippen LogP contribution >= 0.6 is 11.3 Å². The number of nitrogens with zero attached hydrogens (tertiary/aromatic N) is 4. The summed E-state index contributed by atoms with van der Waals surface area (Å²) in [4.78, 5) is 2.62. The highest BCUT2D eigenvalue weighted by molar-refractivity contribution is 7.89. The van der Waals surface area contributed by atoms with E-state index in [0.29, 0.717) is 37.7 Å². The Labute approximate surface area is 170 Å². The van der Waals surface area contributed by atoms with Crippen molar-refractivity contribution in [2.75, 3.05) is 26.2 Å². The number of thiophene rings is 1. The van der Waals surface area contributed by atoms with Crippen LogP contribution in [0.15, 0.2) is 52.2 Å².